The molecule has 2 rings (SSSR count). The van der Waals surface area contributed by atoms with E-state index in [1.807, 2.05) is 32.0 Å². The Morgan fingerprint density at radius 2 is 1.71 bits per heavy atom. The molecule has 0 atom stereocenters. The first kappa shape index (κ1) is 17.9. The van der Waals surface area contributed by atoms with Crippen LogP contribution in [0.4, 0.5) is 0 Å². The Morgan fingerprint density at radius 1 is 1.04 bits per heavy atom. The van der Waals surface area contributed by atoms with Crippen molar-refractivity contribution < 1.29 is 19.0 Å². The van der Waals surface area contributed by atoms with Crippen LogP contribution in [0.15, 0.2) is 30.3 Å². The van der Waals surface area contributed by atoms with Gasteiger partial charge in [0, 0.05) is 5.56 Å². The second kappa shape index (κ2) is 8.39. The number of ether oxygens (including phenoxy) is 3. The smallest absolute Gasteiger partial charge is 0.204 e. The summed E-state index contributed by atoms with van der Waals surface area (Å²) in [6.07, 6.45) is 2.74. The number of methoxy groups -OCH3 is 1. The third-order valence-corrected chi connectivity index (χ3v) is 3.76. The van der Waals surface area contributed by atoms with E-state index in [0.29, 0.717) is 29.4 Å². The van der Waals surface area contributed by atoms with Crippen molar-refractivity contribution in [3.05, 3.63) is 47.0 Å². The molecule has 128 valence electrons. The molecule has 0 fully saturated rings. The van der Waals surface area contributed by atoms with Gasteiger partial charge in [-0.3, -0.25) is 4.79 Å². The first-order valence-electron chi connectivity index (χ1n) is 8.14. The zero-order valence-electron chi connectivity index (χ0n) is 14.7. The minimum atomic E-state index is 0.482. The number of carbonyl (C=O) groups is 1. The molecule has 0 unspecified atom stereocenters. The molecule has 0 radical (unpaired) electrons. The molecule has 0 N–H and O–H groups in total. The quantitative estimate of drug-likeness (QED) is 0.500. The Bertz CT molecular complexity index is 687. The van der Waals surface area contributed by atoms with Gasteiger partial charge in [0.05, 0.1) is 13.7 Å². The molecule has 0 amide bonds. The van der Waals surface area contributed by atoms with Crippen molar-refractivity contribution in [2.75, 3.05) is 13.7 Å². The largest absolute Gasteiger partial charge is 0.493 e. The van der Waals surface area contributed by atoms with E-state index in [-0.39, 0.29) is 0 Å². The highest BCUT2D eigenvalue weighted by atomic mass is 16.5. The van der Waals surface area contributed by atoms with Crippen molar-refractivity contribution in [1.82, 2.24) is 0 Å². The van der Waals surface area contributed by atoms with Gasteiger partial charge in [-0.1, -0.05) is 31.5 Å². The van der Waals surface area contributed by atoms with Gasteiger partial charge in [0.1, 0.15) is 12.0 Å². The van der Waals surface area contributed by atoms with E-state index in [9.17, 15) is 4.79 Å². The molecule has 0 saturated heterocycles. The van der Waals surface area contributed by atoms with Crippen molar-refractivity contribution in [3.8, 4) is 23.0 Å². The lowest BCUT2D eigenvalue weighted by atomic mass is 10.1. The average molecular weight is 328 g/mol. The van der Waals surface area contributed by atoms with Gasteiger partial charge in [-0.05, 0) is 43.5 Å². The lowest BCUT2D eigenvalue weighted by Gasteiger charge is -2.18. The zero-order chi connectivity index (χ0) is 17.5. The average Bonchev–Trinajstić information content (AvgIpc) is 2.59. The molecule has 0 heterocycles. The Kier molecular flexibility index (Phi) is 6.24. The standard InChI is InChI=1S/C20H24O4/c1-5-6-10-23-20-17(22-4)11-16(13-21)12-18(20)24-19-14(2)8-7-9-15(19)3/h7-9,11-13H,5-6,10H2,1-4H3. The normalized spacial score (nSPS) is 10.3. The topological polar surface area (TPSA) is 44.8 Å². The highest BCUT2D eigenvalue weighted by molar-refractivity contribution is 5.78. The predicted molar refractivity (Wildman–Crippen MR) is 94.8 cm³/mol. The molecule has 0 saturated carbocycles. The van der Waals surface area contributed by atoms with Crippen LogP contribution in [0.25, 0.3) is 0 Å². The minimum Gasteiger partial charge on any atom is -0.493 e. The molecule has 2 aromatic rings. The van der Waals surface area contributed by atoms with Crippen molar-refractivity contribution in [2.45, 2.75) is 33.6 Å². The molecular formula is C20H24O4. The zero-order valence-corrected chi connectivity index (χ0v) is 14.7. The maximum Gasteiger partial charge on any atom is 0.204 e. The van der Waals surface area contributed by atoms with Gasteiger partial charge in [0.2, 0.25) is 5.75 Å². The molecule has 24 heavy (non-hydrogen) atoms. The van der Waals surface area contributed by atoms with Crippen LogP contribution in [0.5, 0.6) is 23.0 Å². The molecule has 0 aliphatic rings. The summed E-state index contributed by atoms with van der Waals surface area (Å²) in [5.41, 5.74) is 2.52. The number of para-hydroxylation sites is 1. The fourth-order valence-electron chi connectivity index (χ4n) is 2.42. The van der Waals surface area contributed by atoms with Crippen LogP contribution >= 0.6 is 0 Å². The van der Waals surface area contributed by atoms with E-state index >= 15 is 0 Å². The van der Waals surface area contributed by atoms with Crippen LogP contribution in [0.1, 0.15) is 41.3 Å². The van der Waals surface area contributed by atoms with Gasteiger partial charge in [0.25, 0.3) is 0 Å². The number of benzene rings is 2. The number of rotatable bonds is 8. The van der Waals surface area contributed by atoms with Gasteiger partial charge in [-0.2, -0.15) is 0 Å². The summed E-state index contributed by atoms with van der Waals surface area (Å²) in [7, 11) is 1.55. The molecule has 0 aliphatic carbocycles. The summed E-state index contributed by atoms with van der Waals surface area (Å²) < 4.78 is 17.4. The highest BCUT2D eigenvalue weighted by Crippen LogP contribution is 2.42. The third kappa shape index (κ3) is 4.07. The summed E-state index contributed by atoms with van der Waals surface area (Å²) in [5.74, 6) is 2.28. The molecule has 0 aliphatic heterocycles. The summed E-state index contributed by atoms with van der Waals surface area (Å²) >= 11 is 0. The third-order valence-electron chi connectivity index (χ3n) is 3.76. The van der Waals surface area contributed by atoms with Crippen molar-refractivity contribution in [3.63, 3.8) is 0 Å². The van der Waals surface area contributed by atoms with Gasteiger partial charge >= 0.3 is 0 Å². The summed E-state index contributed by atoms with van der Waals surface area (Å²) in [6, 6.07) is 9.30. The number of carbonyl (C=O) groups excluding carboxylic acids is 1. The summed E-state index contributed by atoms with van der Waals surface area (Å²) in [4.78, 5) is 11.2. The summed E-state index contributed by atoms with van der Waals surface area (Å²) in [6.45, 7) is 6.64. The lowest BCUT2D eigenvalue weighted by Crippen LogP contribution is -2.02. The fourth-order valence-corrected chi connectivity index (χ4v) is 2.42. The second-order valence-electron chi connectivity index (χ2n) is 5.69. The number of aldehydes is 1. The fraction of sp³-hybridized carbons (Fsp3) is 0.350. The number of aryl methyl sites for hydroxylation is 2. The van der Waals surface area contributed by atoms with Gasteiger partial charge in [-0.15, -0.1) is 0 Å². The van der Waals surface area contributed by atoms with E-state index in [4.69, 9.17) is 14.2 Å². The highest BCUT2D eigenvalue weighted by Gasteiger charge is 2.17. The molecule has 4 nitrogen and oxygen atoms in total. The minimum absolute atomic E-state index is 0.482. The van der Waals surface area contributed by atoms with E-state index in [0.717, 1.165) is 36.0 Å². The first-order valence-corrected chi connectivity index (χ1v) is 8.14. The molecule has 0 aromatic heterocycles. The second-order valence-corrected chi connectivity index (χ2v) is 5.69. The Balaban J connectivity index is 2.46. The van der Waals surface area contributed by atoms with Crippen molar-refractivity contribution in [2.24, 2.45) is 0 Å². The molecule has 0 bridgehead atoms. The van der Waals surface area contributed by atoms with E-state index in [2.05, 4.69) is 6.92 Å². The van der Waals surface area contributed by atoms with Crippen molar-refractivity contribution in [1.29, 1.82) is 0 Å². The Hall–Kier alpha value is -2.49. The Morgan fingerprint density at radius 3 is 2.29 bits per heavy atom. The SMILES string of the molecule is CCCCOc1c(OC)cc(C=O)cc1Oc1c(C)cccc1C. The maximum absolute atomic E-state index is 11.2. The van der Waals surface area contributed by atoms with E-state index in [1.54, 1.807) is 19.2 Å². The number of hydrogen-bond acceptors (Lipinski definition) is 4. The number of unbranched alkanes of at least 4 members (excludes halogenated alkanes) is 1. The monoisotopic (exact) mass is 328 g/mol. The molecule has 0 spiro atoms. The van der Waals surface area contributed by atoms with Crippen LogP contribution in [0.3, 0.4) is 0 Å². The molecule has 2 aromatic carbocycles. The summed E-state index contributed by atoms with van der Waals surface area (Å²) in [5, 5.41) is 0. The molecule has 4 heteroatoms. The Labute approximate surface area is 143 Å². The predicted octanol–water partition coefficient (Wildman–Crippen LogP) is 5.10. The van der Waals surface area contributed by atoms with Gasteiger partial charge in [-0.25, -0.2) is 0 Å². The van der Waals surface area contributed by atoms with Crippen LogP contribution < -0.4 is 14.2 Å². The van der Waals surface area contributed by atoms with E-state index < -0.39 is 0 Å². The maximum atomic E-state index is 11.2. The first-order chi connectivity index (χ1) is 11.6. The number of hydrogen-bond donors (Lipinski definition) is 0. The van der Waals surface area contributed by atoms with Gasteiger partial charge < -0.3 is 14.2 Å². The van der Waals surface area contributed by atoms with E-state index in [1.165, 1.54) is 0 Å². The van der Waals surface area contributed by atoms with Crippen LogP contribution in [0, 0.1) is 13.8 Å². The van der Waals surface area contributed by atoms with Crippen molar-refractivity contribution >= 4 is 6.29 Å². The van der Waals surface area contributed by atoms with Crippen LogP contribution in [-0.2, 0) is 0 Å². The van der Waals surface area contributed by atoms with Crippen LogP contribution in [-0.4, -0.2) is 20.0 Å². The van der Waals surface area contributed by atoms with Gasteiger partial charge in [0.15, 0.2) is 11.5 Å². The van der Waals surface area contributed by atoms with Crippen LogP contribution in [0.2, 0.25) is 0 Å². The molecular weight excluding hydrogens is 304 g/mol. The lowest BCUT2D eigenvalue weighted by molar-refractivity contribution is 0.112.